The van der Waals surface area contributed by atoms with Crippen molar-refractivity contribution >= 4 is 12.3 Å². The van der Waals surface area contributed by atoms with E-state index in [-0.39, 0.29) is 6.03 Å². The fourth-order valence-corrected chi connectivity index (χ4v) is 1.15. The highest BCUT2D eigenvalue weighted by atomic mass is 16.2. The number of amides is 1. The zero-order valence-corrected chi connectivity index (χ0v) is 8.28. The highest BCUT2D eigenvalue weighted by Crippen LogP contribution is 2.00. The van der Waals surface area contributed by atoms with Crippen molar-refractivity contribution in [3.8, 4) is 0 Å². The molecule has 1 amide bonds. The minimum absolute atomic E-state index is 0.294. The summed E-state index contributed by atoms with van der Waals surface area (Å²) in [4.78, 5) is 21.4. The zero-order valence-electron chi connectivity index (χ0n) is 8.28. The predicted molar refractivity (Wildman–Crippen MR) is 51.2 cm³/mol. The van der Waals surface area contributed by atoms with E-state index in [0.29, 0.717) is 13.0 Å². The van der Waals surface area contributed by atoms with E-state index in [2.05, 4.69) is 10.4 Å². The molecule has 0 aromatic carbocycles. The second kappa shape index (κ2) is 4.55. The van der Waals surface area contributed by atoms with Gasteiger partial charge in [-0.25, -0.2) is 4.79 Å². The number of nitrogens with zero attached hydrogens (tertiary/aromatic N) is 2. The van der Waals surface area contributed by atoms with Crippen LogP contribution in [0, 0.1) is 13.8 Å². The molecule has 0 saturated carbocycles. The largest absolute Gasteiger partial charge is 0.342 e. The molecule has 0 aliphatic heterocycles. The molecule has 0 aliphatic rings. The van der Waals surface area contributed by atoms with Crippen LogP contribution >= 0.6 is 0 Å². The molecule has 1 N–H and O–H groups in total. The molecule has 76 valence electrons. The lowest BCUT2D eigenvalue weighted by atomic mass is 10.4. The van der Waals surface area contributed by atoms with Gasteiger partial charge in [-0.3, -0.25) is 0 Å². The zero-order chi connectivity index (χ0) is 10.6. The summed E-state index contributed by atoms with van der Waals surface area (Å²) in [6.45, 7) is 3.97. The van der Waals surface area contributed by atoms with Crippen LogP contribution in [0.1, 0.15) is 17.8 Å². The standard InChI is InChI=1S/C9H13N3O2/c1-7-6-8(2)12(11-7)9(14)10-4-3-5-13/h5-6H,3-4H2,1-2H3,(H,10,14). The minimum atomic E-state index is -0.294. The lowest BCUT2D eigenvalue weighted by molar-refractivity contribution is -0.107. The first kappa shape index (κ1) is 10.4. The van der Waals surface area contributed by atoms with Gasteiger partial charge in [-0.05, 0) is 19.9 Å². The van der Waals surface area contributed by atoms with Gasteiger partial charge in [0.2, 0.25) is 0 Å². The van der Waals surface area contributed by atoms with Crippen LogP contribution in [0.4, 0.5) is 4.79 Å². The Morgan fingerprint density at radius 2 is 2.36 bits per heavy atom. The van der Waals surface area contributed by atoms with Crippen LogP contribution < -0.4 is 5.32 Å². The summed E-state index contributed by atoms with van der Waals surface area (Å²) in [7, 11) is 0. The van der Waals surface area contributed by atoms with Gasteiger partial charge in [-0.1, -0.05) is 0 Å². The molecular weight excluding hydrogens is 182 g/mol. The van der Waals surface area contributed by atoms with Crippen LogP contribution in [-0.4, -0.2) is 28.6 Å². The van der Waals surface area contributed by atoms with E-state index in [1.54, 1.807) is 6.92 Å². The monoisotopic (exact) mass is 195 g/mol. The van der Waals surface area contributed by atoms with Crippen LogP contribution in [0.25, 0.3) is 0 Å². The summed E-state index contributed by atoms with van der Waals surface area (Å²) in [6, 6.07) is 1.52. The van der Waals surface area contributed by atoms with E-state index < -0.39 is 0 Å². The topological polar surface area (TPSA) is 64.0 Å². The maximum absolute atomic E-state index is 11.4. The fourth-order valence-electron chi connectivity index (χ4n) is 1.15. The van der Waals surface area contributed by atoms with Gasteiger partial charge in [-0.2, -0.15) is 9.78 Å². The Bertz CT molecular complexity index is 344. The molecule has 0 fully saturated rings. The molecule has 14 heavy (non-hydrogen) atoms. The van der Waals surface area contributed by atoms with Crippen molar-refractivity contribution in [2.75, 3.05) is 6.54 Å². The smallest absolute Gasteiger partial charge is 0.336 e. The maximum Gasteiger partial charge on any atom is 0.342 e. The molecule has 0 radical (unpaired) electrons. The summed E-state index contributed by atoms with van der Waals surface area (Å²) < 4.78 is 1.29. The van der Waals surface area contributed by atoms with E-state index >= 15 is 0 Å². The molecule has 0 aliphatic carbocycles. The molecule has 0 saturated heterocycles. The fraction of sp³-hybridized carbons (Fsp3) is 0.444. The normalized spacial score (nSPS) is 9.86. The molecule has 0 bridgehead atoms. The molecule has 5 nitrogen and oxygen atoms in total. The summed E-state index contributed by atoms with van der Waals surface area (Å²) in [5, 5.41) is 6.59. The molecule has 0 atom stereocenters. The van der Waals surface area contributed by atoms with Crippen LogP contribution in [0.15, 0.2) is 6.07 Å². The highest BCUT2D eigenvalue weighted by Gasteiger charge is 2.08. The average molecular weight is 195 g/mol. The third-order valence-corrected chi connectivity index (χ3v) is 1.74. The van der Waals surface area contributed by atoms with E-state index in [0.717, 1.165) is 17.7 Å². The van der Waals surface area contributed by atoms with Crippen LogP contribution in [0.2, 0.25) is 0 Å². The van der Waals surface area contributed by atoms with Crippen LogP contribution in [-0.2, 0) is 4.79 Å². The molecule has 1 rings (SSSR count). The number of aldehydes is 1. The third kappa shape index (κ3) is 2.42. The molecule has 1 aromatic rings. The van der Waals surface area contributed by atoms with Crippen molar-refractivity contribution in [2.45, 2.75) is 20.3 Å². The van der Waals surface area contributed by atoms with Gasteiger partial charge in [0.1, 0.15) is 6.29 Å². The molecule has 5 heteroatoms. The van der Waals surface area contributed by atoms with Gasteiger partial charge in [0.15, 0.2) is 0 Å². The molecule has 1 heterocycles. The van der Waals surface area contributed by atoms with E-state index in [4.69, 9.17) is 0 Å². The Hall–Kier alpha value is -1.65. The number of rotatable bonds is 3. The number of carbonyl (C=O) groups is 2. The highest BCUT2D eigenvalue weighted by molar-refractivity contribution is 5.76. The number of nitrogens with one attached hydrogen (secondary N) is 1. The lowest BCUT2D eigenvalue weighted by Gasteiger charge is -2.03. The second-order valence-electron chi connectivity index (χ2n) is 3.03. The van der Waals surface area contributed by atoms with Crippen molar-refractivity contribution in [3.05, 3.63) is 17.5 Å². The average Bonchev–Trinajstić information content (AvgIpc) is 2.45. The molecule has 0 spiro atoms. The van der Waals surface area contributed by atoms with Crippen LogP contribution in [0.5, 0.6) is 0 Å². The summed E-state index contributed by atoms with van der Waals surface area (Å²) in [5.41, 5.74) is 1.58. The van der Waals surface area contributed by atoms with Crippen molar-refractivity contribution in [1.82, 2.24) is 15.1 Å². The minimum Gasteiger partial charge on any atom is -0.336 e. The summed E-state index contributed by atoms with van der Waals surface area (Å²) in [5.74, 6) is 0. The Morgan fingerprint density at radius 3 is 2.86 bits per heavy atom. The van der Waals surface area contributed by atoms with E-state index in [1.165, 1.54) is 4.68 Å². The summed E-state index contributed by atoms with van der Waals surface area (Å²) in [6.07, 6.45) is 1.09. The Labute approximate surface area is 82.1 Å². The maximum atomic E-state index is 11.4. The predicted octanol–water partition coefficient (Wildman–Crippen LogP) is 0.647. The number of aromatic nitrogens is 2. The number of aryl methyl sites for hydroxylation is 2. The van der Waals surface area contributed by atoms with Gasteiger partial charge in [0.05, 0.1) is 5.69 Å². The first-order valence-electron chi connectivity index (χ1n) is 4.40. The van der Waals surface area contributed by atoms with Gasteiger partial charge in [-0.15, -0.1) is 0 Å². The molecule has 1 aromatic heterocycles. The van der Waals surface area contributed by atoms with Gasteiger partial charge in [0.25, 0.3) is 0 Å². The van der Waals surface area contributed by atoms with Crippen molar-refractivity contribution < 1.29 is 9.59 Å². The Morgan fingerprint density at radius 1 is 1.64 bits per heavy atom. The van der Waals surface area contributed by atoms with Gasteiger partial charge in [0, 0.05) is 18.7 Å². The lowest BCUT2D eigenvalue weighted by Crippen LogP contribution is -2.31. The van der Waals surface area contributed by atoms with Crippen molar-refractivity contribution in [2.24, 2.45) is 0 Å². The number of hydrogen-bond donors (Lipinski definition) is 1. The van der Waals surface area contributed by atoms with Crippen molar-refractivity contribution in [3.63, 3.8) is 0 Å². The van der Waals surface area contributed by atoms with E-state index in [1.807, 2.05) is 13.0 Å². The Balaban J connectivity index is 2.60. The van der Waals surface area contributed by atoms with Crippen molar-refractivity contribution in [1.29, 1.82) is 0 Å². The first-order valence-corrected chi connectivity index (χ1v) is 4.40. The number of carbonyl (C=O) groups excluding carboxylic acids is 2. The van der Waals surface area contributed by atoms with Gasteiger partial charge >= 0.3 is 6.03 Å². The van der Waals surface area contributed by atoms with Crippen LogP contribution in [0.3, 0.4) is 0 Å². The molecular formula is C9H13N3O2. The third-order valence-electron chi connectivity index (χ3n) is 1.74. The first-order chi connectivity index (χ1) is 6.65. The number of hydrogen-bond acceptors (Lipinski definition) is 3. The molecule has 0 unspecified atom stereocenters. The SMILES string of the molecule is Cc1cc(C)n(C(=O)NCCC=O)n1. The quantitative estimate of drug-likeness (QED) is 0.568. The Kier molecular flexibility index (Phi) is 3.39. The summed E-state index contributed by atoms with van der Waals surface area (Å²) >= 11 is 0. The van der Waals surface area contributed by atoms with Gasteiger partial charge < -0.3 is 10.1 Å². The van der Waals surface area contributed by atoms with E-state index in [9.17, 15) is 9.59 Å². The second-order valence-corrected chi connectivity index (χ2v) is 3.03.